The van der Waals surface area contributed by atoms with Gasteiger partial charge in [-0.15, -0.1) is 0 Å². The van der Waals surface area contributed by atoms with E-state index in [1.165, 1.54) is 18.2 Å². The monoisotopic (exact) mass is 278 g/mol. The van der Waals surface area contributed by atoms with Gasteiger partial charge in [0.05, 0.1) is 17.3 Å². The van der Waals surface area contributed by atoms with Crippen LogP contribution in [0.3, 0.4) is 0 Å². The zero-order valence-corrected chi connectivity index (χ0v) is 10.3. The number of hydrazone groups is 1. The van der Waals surface area contributed by atoms with Crippen LogP contribution in [0.15, 0.2) is 23.3 Å². The lowest BCUT2D eigenvalue weighted by atomic mass is 10.3. The number of nitrogens with one attached hydrogen (secondary N) is 1. The van der Waals surface area contributed by atoms with Crippen molar-refractivity contribution in [3.8, 4) is 0 Å². The highest BCUT2D eigenvalue weighted by atomic mass is 35.5. The van der Waals surface area contributed by atoms with E-state index >= 15 is 0 Å². The molecule has 1 rings (SSSR count). The molecule has 92 valence electrons. The lowest BCUT2D eigenvalue weighted by Crippen LogP contribution is -2.13. The van der Waals surface area contributed by atoms with Crippen LogP contribution in [0.5, 0.6) is 0 Å². The van der Waals surface area contributed by atoms with Crippen molar-refractivity contribution in [1.29, 1.82) is 0 Å². The van der Waals surface area contributed by atoms with Crippen molar-refractivity contribution < 1.29 is 13.9 Å². The molecule has 1 aromatic carbocycles. The molecule has 17 heavy (non-hydrogen) atoms. The molecule has 0 aliphatic heterocycles. The average molecular weight is 279 g/mol. The second-order valence-corrected chi connectivity index (χ2v) is 3.63. The van der Waals surface area contributed by atoms with Crippen LogP contribution in [-0.2, 0) is 9.53 Å². The van der Waals surface area contributed by atoms with E-state index in [0.717, 1.165) is 0 Å². The molecule has 0 fully saturated rings. The maximum atomic E-state index is 12.8. The molecule has 0 bridgehead atoms. The van der Waals surface area contributed by atoms with Crippen molar-refractivity contribution in [1.82, 2.24) is 0 Å². The molecule has 0 heterocycles. The van der Waals surface area contributed by atoms with Crippen LogP contribution in [0.4, 0.5) is 10.1 Å². The number of esters is 1. The van der Waals surface area contributed by atoms with Gasteiger partial charge in [0.25, 0.3) is 0 Å². The number of hydrogen-bond acceptors (Lipinski definition) is 4. The minimum Gasteiger partial charge on any atom is -0.461 e. The summed E-state index contributed by atoms with van der Waals surface area (Å²) in [6.45, 7) is 1.85. The Morgan fingerprint density at radius 2 is 2.29 bits per heavy atom. The molecule has 4 nitrogen and oxygen atoms in total. The summed E-state index contributed by atoms with van der Waals surface area (Å²) in [5.74, 6) is -1.28. The minimum absolute atomic E-state index is 0.0579. The molecular formula is C10H9Cl2FN2O2. The number of carbonyl (C=O) groups is 1. The molecular weight excluding hydrogens is 270 g/mol. The number of nitrogens with zero attached hydrogens (tertiary/aromatic N) is 1. The van der Waals surface area contributed by atoms with Crippen LogP contribution in [-0.4, -0.2) is 17.7 Å². The molecule has 0 aliphatic rings. The van der Waals surface area contributed by atoms with E-state index in [0.29, 0.717) is 5.69 Å². The molecule has 0 amide bonds. The van der Waals surface area contributed by atoms with E-state index in [1.54, 1.807) is 6.92 Å². The second-order valence-electron chi connectivity index (χ2n) is 2.86. The first-order valence-corrected chi connectivity index (χ1v) is 5.41. The number of anilines is 1. The van der Waals surface area contributed by atoms with Gasteiger partial charge in [0.1, 0.15) is 5.82 Å². The first kappa shape index (κ1) is 13.7. The fourth-order valence-electron chi connectivity index (χ4n) is 0.916. The van der Waals surface area contributed by atoms with E-state index < -0.39 is 11.8 Å². The molecule has 0 radical (unpaired) electrons. The molecule has 0 saturated carbocycles. The SMILES string of the molecule is CCOC(=O)C(Cl)=NNc1ccc(F)c(Cl)c1. The number of rotatable bonds is 4. The zero-order chi connectivity index (χ0) is 12.8. The van der Waals surface area contributed by atoms with Crippen LogP contribution >= 0.6 is 23.2 Å². The number of halogens is 3. The van der Waals surface area contributed by atoms with Crippen LogP contribution in [0.2, 0.25) is 5.02 Å². The van der Waals surface area contributed by atoms with Gasteiger partial charge in [-0.25, -0.2) is 9.18 Å². The molecule has 7 heteroatoms. The van der Waals surface area contributed by atoms with Gasteiger partial charge in [-0.2, -0.15) is 5.10 Å². The maximum Gasteiger partial charge on any atom is 0.370 e. The van der Waals surface area contributed by atoms with Crippen LogP contribution in [0.25, 0.3) is 0 Å². The van der Waals surface area contributed by atoms with Crippen molar-refractivity contribution in [2.75, 3.05) is 12.0 Å². The summed E-state index contributed by atoms with van der Waals surface area (Å²) in [6, 6.07) is 3.88. The van der Waals surface area contributed by atoms with Gasteiger partial charge in [-0.05, 0) is 25.1 Å². The normalized spacial score (nSPS) is 11.2. The summed E-state index contributed by atoms with van der Waals surface area (Å²) in [4.78, 5) is 11.1. The maximum absolute atomic E-state index is 12.8. The van der Waals surface area contributed by atoms with Crippen molar-refractivity contribution in [2.45, 2.75) is 6.92 Å². The lowest BCUT2D eigenvalue weighted by molar-refractivity contribution is -0.134. The largest absolute Gasteiger partial charge is 0.461 e. The Kier molecular flexibility index (Phi) is 5.18. The predicted molar refractivity (Wildman–Crippen MR) is 65.0 cm³/mol. The Bertz CT molecular complexity index is 452. The second kappa shape index (κ2) is 6.42. The molecule has 0 unspecified atom stereocenters. The van der Waals surface area contributed by atoms with E-state index in [9.17, 15) is 9.18 Å². The number of carbonyl (C=O) groups excluding carboxylic acids is 1. The fraction of sp³-hybridized carbons (Fsp3) is 0.200. The lowest BCUT2D eigenvalue weighted by Gasteiger charge is -2.02. The highest BCUT2D eigenvalue weighted by Gasteiger charge is 2.09. The molecule has 0 aromatic heterocycles. The smallest absolute Gasteiger partial charge is 0.370 e. The molecule has 1 aromatic rings. The third-order valence-electron chi connectivity index (χ3n) is 1.65. The highest BCUT2D eigenvalue weighted by molar-refractivity contribution is 6.82. The molecule has 0 atom stereocenters. The molecule has 1 N–H and O–H groups in total. The van der Waals surface area contributed by atoms with Crippen LogP contribution in [0, 0.1) is 5.82 Å². The third-order valence-corrected chi connectivity index (χ3v) is 2.18. The third kappa shape index (κ3) is 4.20. The van der Waals surface area contributed by atoms with Crippen LogP contribution < -0.4 is 5.43 Å². The van der Waals surface area contributed by atoms with Crippen LogP contribution in [0.1, 0.15) is 6.92 Å². The summed E-state index contributed by atoms with van der Waals surface area (Å²) in [7, 11) is 0. The van der Waals surface area contributed by atoms with Gasteiger partial charge in [0.2, 0.25) is 5.17 Å². The van der Waals surface area contributed by atoms with Gasteiger partial charge in [0, 0.05) is 0 Å². The van der Waals surface area contributed by atoms with Gasteiger partial charge in [-0.1, -0.05) is 23.2 Å². The van der Waals surface area contributed by atoms with Gasteiger partial charge >= 0.3 is 5.97 Å². The van der Waals surface area contributed by atoms with E-state index in [4.69, 9.17) is 23.2 Å². The standard InChI is InChI=1S/C10H9Cl2FN2O2/c1-2-17-10(16)9(12)15-14-6-3-4-8(13)7(11)5-6/h3-5,14H,2H2,1H3. The molecule has 0 spiro atoms. The first-order chi connectivity index (χ1) is 8.04. The minimum atomic E-state index is -0.741. The Morgan fingerprint density at radius 3 is 2.88 bits per heavy atom. The highest BCUT2D eigenvalue weighted by Crippen LogP contribution is 2.19. The number of ether oxygens (including phenoxy) is 1. The van der Waals surface area contributed by atoms with E-state index in [1.807, 2.05) is 0 Å². The van der Waals surface area contributed by atoms with Gasteiger partial charge < -0.3 is 4.74 Å². The predicted octanol–water partition coefficient (Wildman–Crippen LogP) is 3.01. The van der Waals surface area contributed by atoms with Crippen molar-refractivity contribution in [3.05, 3.63) is 29.0 Å². The van der Waals surface area contributed by atoms with Gasteiger partial charge in [0.15, 0.2) is 0 Å². The van der Waals surface area contributed by atoms with Crippen molar-refractivity contribution in [2.24, 2.45) is 5.10 Å². The average Bonchev–Trinajstić information content (AvgIpc) is 2.30. The molecule has 0 aliphatic carbocycles. The summed E-state index contributed by atoms with van der Waals surface area (Å²) < 4.78 is 17.4. The number of hydrogen-bond donors (Lipinski definition) is 1. The van der Waals surface area contributed by atoms with Gasteiger partial charge in [-0.3, -0.25) is 5.43 Å². The van der Waals surface area contributed by atoms with Crippen molar-refractivity contribution >= 4 is 40.0 Å². The Morgan fingerprint density at radius 1 is 1.59 bits per heavy atom. The quantitative estimate of drug-likeness (QED) is 0.523. The van der Waals surface area contributed by atoms with Crippen molar-refractivity contribution in [3.63, 3.8) is 0 Å². The summed E-state index contributed by atoms with van der Waals surface area (Å²) in [5.41, 5.74) is 2.86. The summed E-state index contributed by atoms with van der Waals surface area (Å²) in [6.07, 6.45) is 0. The Labute approximate surface area is 107 Å². The zero-order valence-electron chi connectivity index (χ0n) is 8.84. The summed E-state index contributed by atoms with van der Waals surface area (Å²) >= 11 is 11.1. The number of benzene rings is 1. The fourth-order valence-corrected chi connectivity index (χ4v) is 1.19. The summed E-state index contributed by atoms with van der Waals surface area (Å²) in [5, 5.41) is 3.15. The topological polar surface area (TPSA) is 50.7 Å². The molecule has 0 saturated heterocycles. The van der Waals surface area contributed by atoms with E-state index in [-0.39, 0.29) is 16.8 Å². The Hall–Kier alpha value is -1.33. The first-order valence-electron chi connectivity index (χ1n) is 4.66. The van der Waals surface area contributed by atoms with E-state index in [2.05, 4.69) is 15.3 Å². The Balaban J connectivity index is 2.69.